The summed E-state index contributed by atoms with van der Waals surface area (Å²) in [6.45, 7) is 5.17. The molecule has 1 aromatic rings. The van der Waals surface area contributed by atoms with Crippen molar-refractivity contribution in [3.8, 4) is 0 Å². The molecule has 1 unspecified atom stereocenters. The molecule has 1 aromatic heterocycles. The average Bonchev–Trinajstić information content (AvgIpc) is 2.45. The van der Waals surface area contributed by atoms with Gasteiger partial charge in [0, 0.05) is 11.8 Å². The van der Waals surface area contributed by atoms with Gasteiger partial charge in [-0.3, -0.25) is 0 Å². The Labute approximate surface area is 113 Å². The molecule has 100 valence electrons. The molecule has 0 radical (unpaired) electrons. The molecule has 1 aliphatic heterocycles. The van der Waals surface area contributed by atoms with E-state index in [0.717, 1.165) is 30.8 Å². The highest BCUT2D eigenvalue weighted by Crippen LogP contribution is 2.24. The van der Waals surface area contributed by atoms with Crippen molar-refractivity contribution in [2.45, 2.75) is 51.2 Å². The van der Waals surface area contributed by atoms with Crippen LogP contribution in [0.5, 0.6) is 0 Å². The third-order valence-corrected chi connectivity index (χ3v) is 4.67. The van der Waals surface area contributed by atoms with Gasteiger partial charge >= 0.3 is 0 Å². The fourth-order valence-corrected chi connectivity index (χ4v) is 3.43. The van der Waals surface area contributed by atoms with Crippen LogP contribution in [0.15, 0.2) is 0 Å². The molecule has 0 bridgehead atoms. The Kier molecular flexibility index (Phi) is 5.23. The Morgan fingerprint density at radius 2 is 2.00 bits per heavy atom. The summed E-state index contributed by atoms with van der Waals surface area (Å²) in [4.78, 5) is 4.55. The first kappa shape index (κ1) is 13.6. The molecule has 0 spiro atoms. The maximum absolute atomic E-state index is 4.55. The summed E-state index contributed by atoms with van der Waals surface area (Å²) in [7, 11) is 0. The zero-order valence-corrected chi connectivity index (χ0v) is 12.1. The summed E-state index contributed by atoms with van der Waals surface area (Å²) in [6.07, 6.45) is 5.85. The molecule has 2 rings (SSSR count). The van der Waals surface area contributed by atoms with Gasteiger partial charge in [-0.05, 0) is 31.4 Å². The van der Waals surface area contributed by atoms with Crippen LogP contribution in [-0.4, -0.2) is 32.7 Å². The number of nitrogens with one attached hydrogen (secondary N) is 1. The van der Waals surface area contributed by atoms with Gasteiger partial charge in [-0.15, -0.1) is 5.10 Å². The number of aryl methyl sites for hydroxylation is 2. The first-order chi connectivity index (χ1) is 8.83. The lowest BCUT2D eigenvalue weighted by Gasteiger charge is -2.21. The first-order valence-electron chi connectivity index (χ1n) is 6.91. The molecule has 0 aromatic carbocycles. The molecule has 1 atom stereocenters. The Balaban J connectivity index is 1.92. The van der Waals surface area contributed by atoms with Gasteiger partial charge in [0.15, 0.2) is 0 Å². The lowest BCUT2D eigenvalue weighted by Crippen LogP contribution is -2.21. The van der Waals surface area contributed by atoms with E-state index >= 15 is 0 Å². The largest absolute Gasteiger partial charge is 0.352 e. The van der Waals surface area contributed by atoms with E-state index in [4.69, 9.17) is 0 Å². The second-order valence-corrected chi connectivity index (χ2v) is 6.01. The number of nitrogens with zero attached hydrogens (tertiary/aromatic N) is 3. The van der Waals surface area contributed by atoms with Gasteiger partial charge in [0.2, 0.25) is 5.95 Å². The Morgan fingerprint density at radius 1 is 1.17 bits per heavy atom. The average molecular weight is 266 g/mol. The van der Waals surface area contributed by atoms with Gasteiger partial charge in [-0.1, -0.05) is 20.3 Å². The summed E-state index contributed by atoms with van der Waals surface area (Å²) < 4.78 is 0. The predicted octanol–water partition coefficient (Wildman–Crippen LogP) is 2.69. The molecular weight excluding hydrogens is 244 g/mol. The second kappa shape index (κ2) is 6.92. The summed E-state index contributed by atoms with van der Waals surface area (Å²) >= 11 is 2.06. The van der Waals surface area contributed by atoms with Crippen molar-refractivity contribution >= 4 is 17.7 Å². The van der Waals surface area contributed by atoms with Gasteiger partial charge in [0.05, 0.1) is 11.4 Å². The topological polar surface area (TPSA) is 50.7 Å². The highest BCUT2D eigenvalue weighted by Gasteiger charge is 2.14. The Hall–Kier alpha value is -0.840. The molecule has 0 amide bonds. The number of anilines is 1. The van der Waals surface area contributed by atoms with Crippen molar-refractivity contribution in [3.05, 3.63) is 11.4 Å². The molecule has 1 fully saturated rings. The smallest absolute Gasteiger partial charge is 0.243 e. The SMILES string of the molecule is CCc1nnc(NCC2CCCCS2)nc1CC. The number of rotatable bonds is 5. The van der Waals surface area contributed by atoms with Crippen molar-refractivity contribution < 1.29 is 0 Å². The lowest BCUT2D eigenvalue weighted by molar-refractivity contribution is 0.674. The minimum atomic E-state index is 0.690. The minimum Gasteiger partial charge on any atom is -0.352 e. The van der Waals surface area contributed by atoms with Crippen LogP contribution in [-0.2, 0) is 12.8 Å². The third-order valence-electron chi connectivity index (χ3n) is 3.27. The highest BCUT2D eigenvalue weighted by molar-refractivity contribution is 7.99. The van der Waals surface area contributed by atoms with Crippen molar-refractivity contribution in [1.82, 2.24) is 15.2 Å². The van der Waals surface area contributed by atoms with Crippen LogP contribution in [0.25, 0.3) is 0 Å². The fraction of sp³-hybridized carbons (Fsp3) is 0.769. The quantitative estimate of drug-likeness (QED) is 0.888. The van der Waals surface area contributed by atoms with Crippen LogP contribution in [0.3, 0.4) is 0 Å². The van der Waals surface area contributed by atoms with Gasteiger partial charge in [0.1, 0.15) is 0 Å². The molecule has 1 N–H and O–H groups in total. The summed E-state index contributed by atoms with van der Waals surface area (Å²) in [5.41, 5.74) is 2.10. The Bertz CT molecular complexity index is 377. The number of thioether (sulfide) groups is 1. The van der Waals surface area contributed by atoms with Crippen molar-refractivity contribution in [2.75, 3.05) is 17.6 Å². The molecule has 1 saturated heterocycles. The number of aromatic nitrogens is 3. The summed E-state index contributed by atoms with van der Waals surface area (Å²) in [5, 5.41) is 12.5. The van der Waals surface area contributed by atoms with Gasteiger partial charge in [-0.25, -0.2) is 4.98 Å². The highest BCUT2D eigenvalue weighted by atomic mass is 32.2. The maximum atomic E-state index is 4.55. The van der Waals surface area contributed by atoms with Gasteiger partial charge in [0.25, 0.3) is 0 Å². The molecule has 18 heavy (non-hydrogen) atoms. The summed E-state index contributed by atoms with van der Waals surface area (Å²) in [5.74, 6) is 1.98. The molecule has 2 heterocycles. The van der Waals surface area contributed by atoms with Crippen LogP contribution >= 0.6 is 11.8 Å². The van der Waals surface area contributed by atoms with E-state index in [1.165, 1.54) is 25.0 Å². The van der Waals surface area contributed by atoms with E-state index in [-0.39, 0.29) is 0 Å². The van der Waals surface area contributed by atoms with Crippen molar-refractivity contribution in [2.24, 2.45) is 0 Å². The maximum Gasteiger partial charge on any atom is 0.243 e. The van der Waals surface area contributed by atoms with E-state index in [2.05, 4.69) is 46.1 Å². The molecule has 1 aliphatic rings. The predicted molar refractivity (Wildman–Crippen MR) is 77.2 cm³/mol. The number of hydrogen-bond acceptors (Lipinski definition) is 5. The summed E-state index contributed by atoms with van der Waals surface area (Å²) in [6, 6.07) is 0. The van der Waals surface area contributed by atoms with Gasteiger partial charge < -0.3 is 5.32 Å². The molecule has 5 heteroatoms. The van der Waals surface area contributed by atoms with Gasteiger partial charge in [-0.2, -0.15) is 16.9 Å². The third kappa shape index (κ3) is 3.57. The van der Waals surface area contributed by atoms with E-state index in [1.54, 1.807) is 0 Å². The zero-order chi connectivity index (χ0) is 12.8. The standard InChI is InChI=1S/C13H22N4S/c1-3-11-12(4-2)16-17-13(15-11)14-9-10-7-5-6-8-18-10/h10H,3-9H2,1-2H3,(H,14,15,17). The molecule has 0 aliphatic carbocycles. The van der Waals surface area contributed by atoms with Crippen molar-refractivity contribution in [1.29, 1.82) is 0 Å². The molecular formula is C13H22N4S. The normalized spacial score (nSPS) is 19.8. The fourth-order valence-electron chi connectivity index (χ4n) is 2.19. The van der Waals surface area contributed by atoms with Crippen LogP contribution < -0.4 is 5.32 Å². The molecule has 4 nitrogen and oxygen atoms in total. The lowest BCUT2D eigenvalue weighted by atomic mass is 10.2. The van der Waals surface area contributed by atoms with Crippen LogP contribution in [0, 0.1) is 0 Å². The zero-order valence-electron chi connectivity index (χ0n) is 11.3. The van der Waals surface area contributed by atoms with Crippen LogP contribution in [0.2, 0.25) is 0 Å². The Morgan fingerprint density at radius 3 is 2.67 bits per heavy atom. The minimum absolute atomic E-state index is 0.690. The first-order valence-corrected chi connectivity index (χ1v) is 7.96. The van der Waals surface area contributed by atoms with Crippen LogP contribution in [0.4, 0.5) is 5.95 Å². The van der Waals surface area contributed by atoms with E-state index in [9.17, 15) is 0 Å². The van der Waals surface area contributed by atoms with E-state index in [0.29, 0.717) is 11.2 Å². The molecule has 0 saturated carbocycles. The monoisotopic (exact) mass is 266 g/mol. The van der Waals surface area contributed by atoms with E-state index < -0.39 is 0 Å². The van der Waals surface area contributed by atoms with Crippen molar-refractivity contribution in [3.63, 3.8) is 0 Å². The van der Waals surface area contributed by atoms with Crippen LogP contribution in [0.1, 0.15) is 44.5 Å². The number of hydrogen-bond donors (Lipinski definition) is 1. The van der Waals surface area contributed by atoms with E-state index in [1.807, 2.05) is 0 Å². The second-order valence-electron chi connectivity index (χ2n) is 4.61.